The summed E-state index contributed by atoms with van der Waals surface area (Å²) in [6.45, 7) is 7.72. The number of rotatable bonds is 4. The molecule has 130 valence electrons. The minimum absolute atomic E-state index is 0.220. The van der Waals surface area contributed by atoms with E-state index in [9.17, 15) is 9.59 Å². The van der Waals surface area contributed by atoms with Gasteiger partial charge in [-0.2, -0.15) is 0 Å². The predicted molar refractivity (Wildman–Crippen MR) is 100 cm³/mol. The molecule has 0 spiro atoms. The molecule has 0 N–H and O–H groups in total. The third kappa shape index (κ3) is 3.09. The first-order valence-corrected chi connectivity index (χ1v) is 9.04. The maximum atomic E-state index is 13.1. The Labute approximate surface area is 149 Å². The highest BCUT2D eigenvalue weighted by Crippen LogP contribution is 2.33. The molecule has 5 nitrogen and oxygen atoms in total. The first-order chi connectivity index (χ1) is 11.9. The molecule has 0 fully saturated rings. The molecule has 2 heterocycles. The summed E-state index contributed by atoms with van der Waals surface area (Å²) in [6.07, 6.45) is 1.43. The fraction of sp³-hybridized carbons (Fsp3) is 0.316. The lowest BCUT2D eigenvalue weighted by Gasteiger charge is -2.13. The molecule has 1 unspecified atom stereocenters. The summed E-state index contributed by atoms with van der Waals surface area (Å²) in [4.78, 5) is 30.1. The van der Waals surface area contributed by atoms with Gasteiger partial charge in [-0.15, -0.1) is 11.3 Å². The number of hydrogen-bond donors (Lipinski definition) is 0. The van der Waals surface area contributed by atoms with Crippen molar-refractivity contribution in [1.29, 1.82) is 0 Å². The first kappa shape index (κ1) is 17.4. The summed E-state index contributed by atoms with van der Waals surface area (Å²) in [5.41, 5.74) is 3.89. The average molecular weight is 356 g/mol. The van der Waals surface area contributed by atoms with E-state index < -0.39 is 12.0 Å². The minimum Gasteiger partial charge on any atom is -0.464 e. The molecule has 0 saturated heterocycles. The van der Waals surface area contributed by atoms with Crippen molar-refractivity contribution in [3.05, 3.63) is 51.4 Å². The molecule has 0 aliphatic heterocycles. The Morgan fingerprint density at radius 3 is 2.80 bits per heavy atom. The van der Waals surface area contributed by atoms with Gasteiger partial charge in [0, 0.05) is 10.9 Å². The van der Waals surface area contributed by atoms with Crippen molar-refractivity contribution >= 4 is 27.5 Å². The number of aryl methyl sites for hydroxylation is 2. The Bertz CT molecular complexity index is 1000. The van der Waals surface area contributed by atoms with Crippen LogP contribution >= 0.6 is 11.3 Å². The van der Waals surface area contributed by atoms with Gasteiger partial charge in [0.25, 0.3) is 5.56 Å². The van der Waals surface area contributed by atoms with Crippen molar-refractivity contribution in [1.82, 2.24) is 9.55 Å². The van der Waals surface area contributed by atoms with Crippen molar-refractivity contribution < 1.29 is 9.53 Å². The van der Waals surface area contributed by atoms with Gasteiger partial charge < -0.3 is 4.74 Å². The van der Waals surface area contributed by atoms with Crippen molar-refractivity contribution in [3.63, 3.8) is 0 Å². The summed E-state index contributed by atoms with van der Waals surface area (Å²) in [5, 5.41) is 2.51. The van der Waals surface area contributed by atoms with Crippen LogP contribution in [0.4, 0.5) is 0 Å². The molecule has 0 radical (unpaired) electrons. The maximum Gasteiger partial charge on any atom is 0.328 e. The van der Waals surface area contributed by atoms with Crippen molar-refractivity contribution in [3.8, 4) is 11.1 Å². The van der Waals surface area contributed by atoms with Gasteiger partial charge >= 0.3 is 5.97 Å². The molecule has 2 aromatic heterocycles. The molecule has 3 aromatic rings. The third-order valence-electron chi connectivity index (χ3n) is 4.25. The predicted octanol–water partition coefficient (Wildman–Crippen LogP) is 3.87. The van der Waals surface area contributed by atoms with Gasteiger partial charge in [-0.1, -0.05) is 23.8 Å². The van der Waals surface area contributed by atoms with Crippen LogP contribution in [0.2, 0.25) is 0 Å². The highest BCUT2D eigenvalue weighted by Gasteiger charge is 2.21. The van der Waals surface area contributed by atoms with Crippen LogP contribution in [-0.4, -0.2) is 22.1 Å². The normalized spacial score (nSPS) is 12.3. The van der Waals surface area contributed by atoms with Crippen molar-refractivity contribution in [2.75, 3.05) is 6.61 Å². The van der Waals surface area contributed by atoms with Crippen LogP contribution in [-0.2, 0) is 9.53 Å². The van der Waals surface area contributed by atoms with Crippen molar-refractivity contribution in [2.45, 2.75) is 33.7 Å². The Hall–Kier alpha value is -2.47. The van der Waals surface area contributed by atoms with E-state index in [4.69, 9.17) is 4.74 Å². The molecule has 0 aliphatic rings. The molecule has 0 saturated carbocycles. The van der Waals surface area contributed by atoms with Crippen LogP contribution in [0.25, 0.3) is 21.3 Å². The van der Waals surface area contributed by atoms with E-state index in [2.05, 4.69) is 11.1 Å². The van der Waals surface area contributed by atoms with Crippen LogP contribution in [0.3, 0.4) is 0 Å². The van der Waals surface area contributed by atoms with Gasteiger partial charge in [0.05, 0.1) is 18.3 Å². The summed E-state index contributed by atoms with van der Waals surface area (Å²) in [5.74, 6) is -0.436. The van der Waals surface area contributed by atoms with Crippen LogP contribution in [0.5, 0.6) is 0 Å². The number of esters is 1. The Kier molecular flexibility index (Phi) is 4.72. The summed E-state index contributed by atoms with van der Waals surface area (Å²) >= 11 is 1.44. The minimum atomic E-state index is -0.712. The van der Waals surface area contributed by atoms with Gasteiger partial charge in [-0.25, -0.2) is 9.78 Å². The number of benzene rings is 1. The monoisotopic (exact) mass is 356 g/mol. The van der Waals surface area contributed by atoms with Gasteiger partial charge in [-0.05, 0) is 38.8 Å². The first-order valence-electron chi connectivity index (χ1n) is 8.16. The van der Waals surface area contributed by atoms with Crippen LogP contribution < -0.4 is 5.56 Å². The molecule has 6 heteroatoms. The van der Waals surface area contributed by atoms with E-state index in [-0.39, 0.29) is 12.2 Å². The number of fused-ring (bicyclic) bond motifs is 1. The molecule has 0 amide bonds. The van der Waals surface area contributed by atoms with Crippen LogP contribution in [0, 0.1) is 13.8 Å². The lowest BCUT2D eigenvalue weighted by molar-refractivity contribution is -0.146. The summed E-state index contributed by atoms with van der Waals surface area (Å²) in [7, 11) is 0. The second-order valence-electron chi connectivity index (χ2n) is 6.03. The number of nitrogens with zero attached hydrogens (tertiary/aromatic N) is 2. The second kappa shape index (κ2) is 6.80. The number of hydrogen-bond acceptors (Lipinski definition) is 5. The Balaban J connectivity index is 2.20. The Morgan fingerprint density at radius 2 is 2.08 bits per heavy atom. The topological polar surface area (TPSA) is 61.2 Å². The van der Waals surface area contributed by atoms with Crippen LogP contribution in [0.15, 0.2) is 34.7 Å². The number of ether oxygens (including phenoxy) is 1. The smallest absolute Gasteiger partial charge is 0.328 e. The number of thiophene rings is 1. The number of carbonyl (C=O) groups is 1. The van der Waals surface area contributed by atoms with Crippen LogP contribution in [0.1, 0.15) is 31.0 Å². The molecule has 0 aliphatic carbocycles. The zero-order chi connectivity index (χ0) is 18.1. The van der Waals surface area contributed by atoms with Gasteiger partial charge in [-0.3, -0.25) is 9.36 Å². The molecule has 1 aromatic carbocycles. The summed E-state index contributed by atoms with van der Waals surface area (Å²) in [6, 6.07) is 5.45. The SMILES string of the molecule is CCOC(=O)C(C)n1cnc2scc(-c3cc(C)ccc3C)c2c1=O. The highest BCUT2D eigenvalue weighted by molar-refractivity contribution is 7.17. The zero-order valence-electron chi connectivity index (χ0n) is 14.7. The quantitative estimate of drug-likeness (QED) is 0.666. The van der Waals surface area contributed by atoms with E-state index in [0.29, 0.717) is 10.2 Å². The fourth-order valence-corrected chi connectivity index (χ4v) is 3.72. The average Bonchev–Trinajstić information content (AvgIpc) is 3.02. The molecule has 3 rings (SSSR count). The van der Waals surface area contributed by atoms with E-state index >= 15 is 0 Å². The van der Waals surface area contributed by atoms with E-state index in [0.717, 1.165) is 22.3 Å². The Morgan fingerprint density at radius 1 is 1.32 bits per heavy atom. The third-order valence-corrected chi connectivity index (χ3v) is 5.13. The molecule has 0 bridgehead atoms. The van der Waals surface area contributed by atoms with Gasteiger partial charge in [0.15, 0.2) is 0 Å². The lowest BCUT2D eigenvalue weighted by atomic mass is 9.99. The van der Waals surface area contributed by atoms with Gasteiger partial charge in [0.2, 0.25) is 0 Å². The zero-order valence-corrected chi connectivity index (χ0v) is 15.5. The maximum absolute atomic E-state index is 13.1. The standard InChI is InChI=1S/C19H20N2O3S/c1-5-24-19(23)13(4)21-10-20-17-16(18(21)22)15(9-25-17)14-8-11(2)6-7-12(14)3/h6-10,13H,5H2,1-4H3. The molecular formula is C19H20N2O3S. The number of carbonyl (C=O) groups excluding carboxylic acids is 1. The van der Waals surface area contributed by atoms with Gasteiger partial charge in [0.1, 0.15) is 10.9 Å². The highest BCUT2D eigenvalue weighted by atomic mass is 32.1. The summed E-state index contributed by atoms with van der Waals surface area (Å²) < 4.78 is 6.38. The number of aromatic nitrogens is 2. The molecule has 25 heavy (non-hydrogen) atoms. The molecular weight excluding hydrogens is 336 g/mol. The second-order valence-corrected chi connectivity index (χ2v) is 6.89. The fourth-order valence-electron chi connectivity index (χ4n) is 2.82. The van der Waals surface area contributed by atoms with E-state index in [1.165, 1.54) is 22.2 Å². The van der Waals surface area contributed by atoms with E-state index in [1.807, 2.05) is 31.4 Å². The van der Waals surface area contributed by atoms with E-state index in [1.54, 1.807) is 13.8 Å². The lowest BCUT2D eigenvalue weighted by Crippen LogP contribution is -2.29. The molecule has 1 atom stereocenters. The van der Waals surface area contributed by atoms with Crippen molar-refractivity contribution in [2.24, 2.45) is 0 Å². The largest absolute Gasteiger partial charge is 0.464 e.